The highest BCUT2D eigenvalue weighted by atomic mass is 16.4. The van der Waals surface area contributed by atoms with Crippen LogP contribution in [0.4, 0.5) is 5.69 Å². The lowest BCUT2D eigenvalue weighted by Crippen LogP contribution is -2.39. The lowest BCUT2D eigenvalue weighted by molar-refractivity contribution is -0.135. The number of hydrogen-bond donors (Lipinski definition) is 2. The van der Waals surface area contributed by atoms with E-state index in [1.807, 2.05) is 0 Å². The van der Waals surface area contributed by atoms with Gasteiger partial charge in [0.05, 0.1) is 11.4 Å². The summed E-state index contributed by atoms with van der Waals surface area (Å²) in [5.41, 5.74) is -0.0750. The van der Waals surface area contributed by atoms with Crippen molar-refractivity contribution in [3.8, 4) is 0 Å². The number of carbonyl (C=O) groups is 1. The Kier molecular flexibility index (Phi) is 2.63. The van der Waals surface area contributed by atoms with Gasteiger partial charge in [0.15, 0.2) is 5.60 Å². The normalized spacial score (nSPS) is 24.1. The first-order valence-electron chi connectivity index (χ1n) is 5.28. The van der Waals surface area contributed by atoms with E-state index in [-0.39, 0.29) is 6.42 Å². The Balaban J connectivity index is 2.52. The van der Waals surface area contributed by atoms with Crippen LogP contribution in [0.2, 0.25) is 0 Å². The second-order valence-corrected chi connectivity index (χ2v) is 4.25. The molecular weight excluding hydrogens is 220 g/mol. The van der Waals surface area contributed by atoms with E-state index >= 15 is 0 Å². The molecule has 1 aromatic rings. The number of likely N-dealkylation sites (N-methyl/N-ethyl adjacent to an activating group) is 1. The van der Waals surface area contributed by atoms with Crippen molar-refractivity contribution in [3.05, 3.63) is 29.8 Å². The maximum atomic E-state index is 12.1. The second kappa shape index (κ2) is 3.85. The highest BCUT2D eigenvalue weighted by Gasteiger charge is 2.48. The summed E-state index contributed by atoms with van der Waals surface area (Å²) in [4.78, 5) is 13.5. The third-order valence-corrected chi connectivity index (χ3v) is 3.05. The molecule has 0 fully saturated rings. The van der Waals surface area contributed by atoms with Crippen LogP contribution < -0.4 is 4.90 Å². The monoisotopic (exact) mass is 234 g/mol. The van der Waals surface area contributed by atoms with Gasteiger partial charge >= 0.3 is 0 Å². The van der Waals surface area contributed by atoms with Gasteiger partial charge in [-0.3, -0.25) is 4.79 Å². The van der Waals surface area contributed by atoms with E-state index in [2.05, 4.69) is 5.16 Å². The SMILES string of the molecule is C/C(C[C@@]1(O)C(=O)N(C)c2ccccc21)=N\O. The predicted molar refractivity (Wildman–Crippen MR) is 63.3 cm³/mol. The fraction of sp³-hybridized carbons (Fsp3) is 0.333. The van der Waals surface area contributed by atoms with E-state index in [9.17, 15) is 9.90 Å². The molecule has 17 heavy (non-hydrogen) atoms. The minimum Gasteiger partial charge on any atom is -0.411 e. The predicted octanol–water partition coefficient (Wildman–Crippen LogP) is 1.09. The average Bonchev–Trinajstić information content (AvgIpc) is 2.53. The highest BCUT2D eigenvalue weighted by molar-refractivity contribution is 6.08. The summed E-state index contributed by atoms with van der Waals surface area (Å²) in [7, 11) is 1.62. The van der Waals surface area contributed by atoms with Gasteiger partial charge in [0, 0.05) is 19.0 Å². The van der Waals surface area contributed by atoms with Crippen LogP contribution in [0.3, 0.4) is 0 Å². The van der Waals surface area contributed by atoms with Gasteiger partial charge in [-0.2, -0.15) is 0 Å². The van der Waals surface area contributed by atoms with Crippen molar-refractivity contribution >= 4 is 17.3 Å². The summed E-state index contributed by atoms with van der Waals surface area (Å²) >= 11 is 0. The number of amides is 1. The zero-order valence-corrected chi connectivity index (χ0v) is 9.71. The minimum absolute atomic E-state index is 0.0102. The van der Waals surface area contributed by atoms with Gasteiger partial charge < -0.3 is 15.2 Å². The van der Waals surface area contributed by atoms with Crippen molar-refractivity contribution in [2.75, 3.05) is 11.9 Å². The van der Waals surface area contributed by atoms with Crippen LogP contribution in [-0.4, -0.2) is 29.0 Å². The molecule has 1 aliphatic heterocycles. The molecule has 1 aliphatic rings. The molecule has 1 aromatic carbocycles. The summed E-state index contributed by atoms with van der Waals surface area (Å²) in [5, 5.41) is 22.2. The molecule has 0 aliphatic carbocycles. The Morgan fingerprint density at radius 3 is 2.76 bits per heavy atom. The van der Waals surface area contributed by atoms with E-state index in [1.165, 1.54) is 4.90 Å². The quantitative estimate of drug-likeness (QED) is 0.457. The third-order valence-electron chi connectivity index (χ3n) is 3.05. The van der Waals surface area contributed by atoms with Crippen LogP contribution >= 0.6 is 0 Å². The smallest absolute Gasteiger partial charge is 0.263 e. The van der Waals surface area contributed by atoms with Crippen molar-refractivity contribution in [1.82, 2.24) is 0 Å². The van der Waals surface area contributed by atoms with Gasteiger partial charge in [0.25, 0.3) is 5.91 Å². The van der Waals surface area contributed by atoms with E-state index in [0.717, 1.165) is 0 Å². The van der Waals surface area contributed by atoms with Crippen molar-refractivity contribution in [3.63, 3.8) is 0 Å². The van der Waals surface area contributed by atoms with Crippen LogP contribution in [0.25, 0.3) is 0 Å². The van der Waals surface area contributed by atoms with Crippen LogP contribution in [0.5, 0.6) is 0 Å². The van der Waals surface area contributed by atoms with Crippen molar-refractivity contribution in [2.45, 2.75) is 18.9 Å². The van der Waals surface area contributed by atoms with Gasteiger partial charge in [0.2, 0.25) is 0 Å². The fourth-order valence-corrected chi connectivity index (χ4v) is 2.19. The molecule has 1 amide bonds. The van der Waals surface area contributed by atoms with Gasteiger partial charge in [-0.25, -0.2) is 0 Å². The number of rotatable bonds is 2. The number of hydrogen-bond acceptors (Lipinski definition) is 4. The molecule has 0 saturated carbocycles. The van der Waals surface area contributed by atoms with E-state index in [1.54, 1.807) is 38.2 Å². The lowest BCUT2D eigenvalue weighted by atomic mass is 9.90. The minimum atomic E-state index is -1.62. The molecule has 5 heteroatoms. The summed E-state index contributed by atoms with van der Waals surface area (Å²) in [5.74, 6) is -0.401. The Labute approximate surface area is 99.0 Å². The number of para-hydroxylation sites is 1. The second-order valence-electron chi connectivity index (χ2n) is 4.25. The van der Waals surface area contributed by atoms with Gasteiger partial charge in [-0.15, -0.1) is 0 Å². The number of nitrogens with zero attached hydrogens (tertiary/aromatic N) is 2. The standard InChI is InChI=1S/C12H14N2O3/c1-8(13-17)7-12(16)9-5-3-4-6-10(9)14(2)11(12)15/h3-6,16-17H,7H2,1-2H3/b13-8+/t12-/m0/s1. The van der Waals surface area contributed by atoms with Crippen molar-refractivity contribution in [2.24, 2.45) is 5.16 Å². The molecular formula is C12H14N2O3. The Bertz CT molecular complexity index is 498. The molecule has 0 bridgehead atoms. The molecule has 0 unspecified atom stereocenters. The number of aliphatic hydroxyl groups is 1. The Morgan fingerprint density at radius 2 is 2.12 bits per heavy atom. The fourth-order valence-electron chi connectivity index (χ4n) is 2.19. The Hall–Kier alpha value is -1.88. The van der Waals surface area contributed by atoms with E-state index in [4.69, 9.17) is 5.21 Å². The molecule has 5 nitrogen and oxygen atoms in total. The third kappa shape index (κ3) is 1.59. The number of benzene rings is 1. The first-order chi connectivity index (χ1) is 8.00. The van der Waals surface area contributed by atoms with Crippen LogP contribution in [-0.2, 0) is 10.4 Å². The summed E-state index contributed by atoms with van der Waals surface area (Å²) in [6, 6.07) is 7.06. The van der Waals surface area contributed by atoms with Gasteiger partial charge in [-0.1, -0.05) is 23.4 Å². The lowest BCUT2D eigenvalue weighted by Gasteiger charge is -2.21. The molecule has 2 N–H and O–H groups in total. The summed E-state index contributed by atoms with van der Waals surface area (Å²) in [6.45, 7) is 1.56. The maximum Gasteiger partial charge on any atom is 0.263 e. The highest BCUT2D eigenvalue weighted by Crippen LogP contribution is 2.41. The molecule has 0 radical (unpaired) electrons. The summed E-state index contributed by atoms with van der Waals surface area (Å²) in [6.07, 6.45) is -0.0102. The maximum absolute atomic E-state index is 12.1. The molecule has 1 heterocycles. The average molecular weight is 234 g/mol. The van der Waals surface area contributed by atoms with Crippen molar-refractivity contribution < 1.29 is 15.1 Å². The number of carbonyl (C=O) groups excluding carboxylic acids is 1. The van der Waals surface area contributed by atoms with E-state index < -0.39 is 11.5 Å². The topological polar surface area (TPSA) is 73.1 Å². The number of oxime groups is 1. The van der Waals surface area contributed by atoms with Crippen LogP contribution in [0, 0.1) is 0 Å². The number of anilines is 1. The largest absolute Gasteiger partial charge is 0.411 e. The first-order valence-corrected chi connectivity index (χ1v) is 5.28. The molecule has 0 spiro atoms. The molecule has 90 valence electrons. The van der Waals surface area contributed by atoms with E-state index in [0.29, 0.717) is 17.0 Å². The zero-order valence-electron chi connectivity index (χ0n) is 9.71. The first kappa shape index (κ1) is 11.6. The van der Waals surface area contributed by atoms with Crippen LogP contribution in [0.15, 0.2) is 29.4 Å². The summed E-state index contributed by atoms with van der Waals surface area (Å²) < 4.78 is 0. The molecule has 0 saturated heterocycles. The Morgan fingerprint density at radius 1 is 1.47 bits per heavy atom. The number of fused-ring (bicyclic) bond motifs is 1. The van der Waals surface area contributed by atoms with Gasteiger partial charge in [0.1, 0.15) is 0 Å². The zero-order chi connectivity index (χ0) is 12.6. The van der Waals surface area contributed by atoms with Gasteiger partial charge in [-0.05, 0) is 13.0 Å². The molecule has 2 rings (SSSR count). The van der Waals surface area contributed by atoms with Crippen LogP contribution in [0.1, 0.15) is 18.9 Å². The van der Waals surface area contributed by atoms with Crippen molar-refractivity contribution in [1.29, 1.82) is 0 Å². The molecule has 1 atom stereocenters. The molecule has 0 aromatic heterocycles.